The second-order valence-electron chi connectivity index (χ2n) is 13.9. The van der Waals surface area contributed by atoms with E-state index in [9.17, 15) is 0 Å². The summed E-state index contributed by atoms with van der Waals surface area (Å²) in [5.74, 6) is 0. The van der Waals surface area contributed by atoms with Gasteiger partial charge in [0.15, 0.2) is 0 Å². The molecule has 0 aliphatic rings. The van der Waals surface area contributed by atoms with Crippen LogP contribution in [0.25, 0.3) is 0 Å². The predicted molar refractivity (Wildman–Crippen MR) is 197 cm³/mol. The Morgan fingerprint density at radius 2 is 0.400 bits per heavy atom. The molecular formula is C38H80BrP. The van der Waals surface area contributed by atoms with E-state index in [1.54, 1.807) is 24.6 Å². The minimum atomic E-state index is -1.78. The minimum absolute atomic E-state index is 1.37. The maximum absolute atomic E-state index is 4.80. The van der Waals surface area contributed by atoms with Crippen LogP contribution in [0.5, 0.6) is 0 Å². The second kappa shape index (κ2) is 30.0. The molecule has 0 amide bonds. The number of unbranched alkanes of at least 4 members (excludes halogenated alkanes) is 26. The normalized spacial score (nSPS) is 13.1. The number of halogens is 1. The number of hydrogen-bond donors (Lipinski definition) is 0. The quantitative estimate of drug-likeness (QED) is 0.0482. The summed E-state index contributed by atoms with van der Waals surface area (Å²) in [7, 11) is 0. The van der Waals surface area contributed by atoms with Gasteiger partial charge in [-0.2, -0.15) is 0 Å². The van der Waals surface area contributed by atoms with Gasteiger partial charge in [0, 0.05) is 0 Å². The molecule has 0 rings (SSSR count). The molecule has 0 aromatic rings. The molecule has 0 aromatic heterocycles. The summed E-state index contributed by atoms with van der Waals surface area (Å²) in [4.78, 5) is 0. The Morgan fingerprint density at radius 1 is 0.250 bits per heavy atom. The summed E-state index contributed by atoms with van der Waals surface area (Å²) < 4.78 is 0. The van der Waals surface area contributed by atoms with E-state index in [4.69, 9.17) is 15.5 Å². The van der Waals surface area contributed by atoms with E-state index in [1.165, 1.54) is 193 Å². The van der Waals surface area contributed by atoms with Crippen LogP contribution in [0.15, 0.2) is 0 Å². The Labute approximate surface area is 264 Å². The van der Waals surface area contributed by atoms with Crippen molar-refractivity contribution in [3.05, 3.63) is 0 Å². The van der Waals surface area contributed by atoms with Crippen molar-refractivity contribution in [2.45, 2.75) is 220 Å². The summed E-state index contributed by atoms with van der Waals surface area (Å²) in [5.41, 5.74) is 0. The zero-order valence-electron chi connectivity index (χ0n) is 28.9. The topological polar surface area (TPSA) is 0 Å². The van der Waals surface area contributed by atoms with Crippen LogP contribution in [0.2, 0.25) is 0 Å². The van der Waals surface area contributed by atoms with Crippen molar-refractivity contribution in [1.82, 2.24) is 0 Å². The van der Waals surface area contributed by atoms with E-state index in [0.29, 0.717) is 0 Å². The fourth-order valence-electron chi connectivity index (χ4n) is 6.88. The molecule has 0 atom stereocenters. The van der Waals surface area contributed by atoms with Crippen LogP contribution in [0.4, 0.5) is 0 Å². The van der Waals surface area contributed by atoms with Crippen molar-refractivity contribution in [1.29, 1.82) is 0 Å². The van der Waals surface area contributed by atoms with Gasteiger partial charge in [0.2, 0.25) is 0 Å². The summed E-state index contributed by atoms with van der Waals surface area (Å²) in [6.07, 6.45) is 50.0. The van der Waals surface area contributed by atoms with Gasteiger partial charge in [0.25, 0.3) is 0 Å². The van der Waals surface area contributed by atoms with Gasteiger partial charge in [0.05, 0.1) is 0 Å². The van der Waals surface area contributed by atoms with Crippen molar-refractivity contribution in [3.8, 4) is 0 Å². The molecule has 0 fully saturated rings. The molecule has 0 aliphatic carbocycles. The number of rotatable bonds is 34. The zero-order valence-corrected chi connectivity index (χ0v) is 31.3. The first-order valence-corrected chi connectivity index (χ1v) is 24.3. The van der Waals surface area contributed by atoms with Crippen molar-refractivity contribution >= 4 is 20.8 Å². The van der Waals surface area contributed by atoms with Gasteiger partial charge in [-0.1, -0.05) is 13.3 Å². The molecule has 0 saturated heterocycles. The molecule has 0 N–H and O–H groups in total. The van der Waals surface area contributed by atoms with E-state index in [0.717, 1.165) is 0 Å². The summed E-state index contributed by atoms with van der Waals surface area (Å²) in [6, 6.07) is 0. The first-order chi connectivity index (χ1) is 19.5. The first kappa shape index (κ1) is 40.9. The monoisotopic (exact) mass is 647 g/mol. The van der Waals surface area contributed by atoms with Crippen molar-refractivity contribution in [2.24, 2.45) is 0 Å². The first-order valence-electron chi connectivity index (χ1n) is 19.3. The summed E-state index contributed by atoms with van der Waals surface area (Å²) in [6.45, 7) is 9.36. The van der Waals surface area contributed by atoms with Gasteiger partial charge in [-0.15, -0.1) is 0 Å². The number of hydrogen-bond acceptors (Lipinski definition) is 0. The van der Waals surface area contributed by atoms with Gasteiger partial charge in [-0.25, -0.2) is 0 Å². The van der Waals surface area contributed by atoms with Crippen molar-refractivity contribution < 1.29 is 0 Å². The summed E-state index contributed by atoms with van der Waals surface area (Å²) in [5, 5.41) is -1.78. The van der Waals surface area contributed by atoms with Crippen LogP contribution < -0.4 is 0 Å². The SMILES string of the molecule is CCCCCCCCCCCCCCP(Br)(CCCCCCCC)(CCCCCCCC)CCCCCCCC. The molecule has 40 heavy (non-hydrogen) atoms. The Bertz CT molecular complexity index is 446. The average molecular weight is 648 g/mol. The van der Waals surface area contributed by atoms with E-state index in [1.807, 2.05) is 0 Å². The fourth-order valence-corrected chi connectivity index (χ4v) is 15.3. The van der Waals surface area contributed by atoms with Gasteiger partial charge >= 0.3 is 252 Å². The fraction of sp³-hybridized carbons (Fsp3) is 1.00. The second-order valence-corrected chi connectivity index (χ2v) is 25.4. The van der Waals surface area contributed by atoms with Gasteiger partial charge in [-0.3, -0.25) is 0 Å². The van der Waals surface area contributed by atoms with Crippen LogP contribution in [-0.4, -0.2) is 24.6 Å². The molecule has 0 heterocycles. The molecule has 2 heteroatoms. The molecule has 0 radical (unpaired) electrons. The molecule has 0 nitrogen and oxygen atoms in total. The Hall–Kier alpha value is 0.910. The molecular weight excluding hydrogens is 567 g/mol. The van der Waals surface area contributed by atoms with Gasteiger partial charge in [-0.05, 0) is 0 Å². The van der Waals surface area contributed by atoms with Crippen LogP contribution in [0, 0.1) is 0 Å². The molecule has 0 aromatic carbocycles. The maximum atomic E-state index is 4.80. The third-order valence-corrected chi connectivity index (χ3v) is 19.8. The van der Waals surface area contributed by atoms with Gasteiger partial charge < -0.3 is 0 Å². The molecule has 244 valence electrons. The molecule has 0 saturated carbocycles. The van der Waals surface area contributed by atoms with Crippen molar-refractivity contribution in [2.75, 3.05) is 24.6 Å². The Kier molecular flexibility index (Phi) is 30.6. The van der Waals surface area contributed by atoms with Gasteiger partial charge in [0.1, 0.15) is 0 Å². The third kappa shape index (κ3) is 25.4. The molecule has 0 spiro atoms. The van der Waals surface area contributed by atoms with Crippen LogP contribution >= 0.6 is 20.8 Å². The van der Waals surface area contributed by atoms with E-state index >= 15 is 0 Å². The molecule has 0 unspecified atom stereocenters. The van der Waals surface area contributed by atoms with Crippen LogP contribution in [0.3, 0.4) is 0 Å². The van der Waals surface area contributed by atoms with Crippen LogP contribution in [-0.2, 0) is 0 Å². The third-order valence-electron chi connectivity index (χ3n) is 9.78. The van der Waals surface area contributed by atoms with E-state index in [-0.39, 0.29) is 0 Å². The van der Waals surface area contributed by atoms with E-state index in [2.05, 4.69) is 27.7 Å². The molecule has 0 bridgehead atoms. The Balaban J connectivity index is 4.83. The standard InChI is InChI=1S/C38H80BrP/c1-5-9-13-17-21-22-23-24-25-26-30-34-38-40(39,35-31-27-18-14-10-6-2,36-32-28-19-15-11-7-3)37-33-29-20-16-12-8-4/h5-38H2,1-4H3. The summed E-state index contributed by atoms with van der Waals surface area (Å²) >= 11 is 4.80. The average Bonchev–Trinajstić information content (AvgIpc) is 2.95. The van der Waals surface area contributed by atoms with E-state index < -0.39 is 5.31 Å². The van der Waals surface area contributed by atoms with Crippen LogP contribution in [0.1, 0.15) is 220 Å². The molecule has 0 aliphatic heterocycles. The zero-order chi connectivity index (χ0) is 29.5. The Morgan fingerprint density at radius 3 is 0.575 bits per heavy atom. The van der Waals surface area contributed by atoms with Crippen molar-refractivity contribution in [3.63, 3.8) is 0 Å². The predicted octanol–water partition coefficient (Wildman–Crippen LogP) is 15.6.